The number of carbonyl (C=O) groups is 1. The van der Waals surface area contributed by atoms with Gasteiger partial charge in [-0.2, -0.15) is 4.98 Å². The molecule has 1 N–H and O–H groups in total. The summed E-state index contributed by atoms with van der Waals surface area (Å²) in [6.45, 7) is 4.05. The number of carbonyl (C=O) groups excluding carboxylic acids is 1. The Morgan fingerprint density at radius 3 is 2.61 bits per heavy atom. The molecule has 5 nitrogen and oxygen atoms in total. The lowest BCUT2D eigenvalue weighted by Gasteiger charge is -2.21. The molecule has 4 aromatic rings. The van der Waals surface area contributed by atoms with Crippen molar-refractivity contribution in [3.05, 3.63) is 95.1 Å². The van der Waals surface area contributed by atoms with Crippen LogP contribution in [0.4, 0.5) is 5.69 Å². The first kappa shape index (κ1) is 21.2. The van der Waals surface area contributed by atoms with E-state index in [1.165, 1.54) is 11.8 Å². The molecule has 0 saturated carbocycles. The van der Waals surface area contributed by atoms with Gasteiger partial charge >= 0.3 is 0 Å². The summed E-state index contributed by atoms with van der Waals surface area (Å²) in [7, 11) is 0. The number of rotatable bonds is 5. The van der Waals surface area contributed by atoms with Crippen LogP contribution in [0.5, 0.6) is 11.6 Å². The highest BCUT2D eigenvalue weighted by Gasteiger charge is 2.24. The predicted molar refractivity (Wildman–Crippen MR) is 132 cm³/mol. The molecular weight excluding hydrogens is 430 g/mol. The van der Waals surface area contributed by atoms with Crippen molar-refractivity contribution in [3.8, 4) is 23.0 Å². The summed E-state index contributed by atoms with van der Waals surface area (Å²) >= 11 is 1.41. The molecule has 0 unspecified atom stereocenters. The van der Waals surface area contributed by atoms with Crippen LogP contribution in [-0.4, -0.2) is 21.6 Å². The van der Waals surface area contributed by atoms with E-state index in [4.69, 9.17) is 14.7 Å². The lowest BCUT2D eigenvalue weighted by molar-refractivity contribution is -0.113. The van der Waals surface area contributed by atoms with Crippen molar-refractivity contribution in [1.29, 1.82) is 0 Å². The van der Waals surface area contributed by atoms with Crippen LogP contribution in [0, 0.1) is 13.8 Å². The number of aromatic nitrogens is 2. The summed E-state index contributed by atoms with van der Waals surface area (Å²) in [6, 6.07) is 23.7. The molecule has 6 heteroatoms. The first-order valence-electron chi connectivity index (χ1n) is 10.8. The molecule has 0 bridgehead atoms. The van der Waals surface area contributed by atoms with Gasteiger partial charge in [0.2, 0.25) is 11.8 Å². The van der Waals surface area contributed by atoms with Gasteiger partial charge in [-0.1, -0.05) is 72.4 Å². The molecule has 1 aliphatic rings. The van der Waals surface area contributed by atoms with E-state index in [1.54, 1.807) is 0 Å². The second kappa shape index (κ2) is 9.08. The van der Waals surface area contributed by atoms with E-state index >= 15 is 0 Å². The van der Waals surface area contributed by atoms with Crippen LogP contribution < -0.4 is 10.1 Å². The molecule has 1 amide bonds. The largest absolute Gasteiger partial charge is 0.438 e. The average Bonchev–Trinajstić information content (AvgIpc) is 2.84. The Balaban J connectivity index is 1.43. The van der Waals surface area contributed by atoms with Crippen molar-refractivity contribution < 1.29 is 9.53 Å². The molecule has 1 aliphatic heterocycles. The fraction of sp³-hybridized carbons (Fsp3) is 0.148. The second-order valence-electron chi connectivity index (χ2n) is 7.97. The van der Waals surface area contributed by atoms with Crippen molar-refractivity contribution in [2.45, 2.75) is 25.3 Å². The molecule has 0 atom stereocenters. The number of benzene rings is 3. The van der Waals surface area contributed by atoms with Crippen molar-refractivity contribution in [2.24, 2.45) is 0 Å². The number of hydrogen-bond acceptors (Lipinski definition) is 5. The summed E-state index contributed by atoms with van der Waals surface area (Å²) in [6.07, 6.45) is 0.668. The monoisotopic (exact) mass is 453 g/mol. The lowest BCUT2D eigenvalue weighted by Crippen LogP contribution is -2.16. The normalized spacial score (nSPS) is 11.8. The third-order valence-electron chi connectivity index (χ3n) is 5.73. The van der Waals surface area contributed by atoms with Crippen LogP contribution in [0.2, 0.25) is 0 Å². The third-order valence-corrected chi connectivity index (χ3v) is 6.75. The van der Waals surface area contributed by atoms with Crippen molar-refractivity contribution in [2.75, 3.05) is 11.1 Å². The summed E-state index contributed by atoms with van der Waals surface area (Å²) < 4.78 is 6.15. The van der Waals surface area contributed by atoms with Crippen molar-refractivity contribution in [1.82, 2.24) is 9.97 Å². The highest BCUT2D eigenvalue weighted by Crippen LogP contribution is 2.40. The summed E-state index contributed by atoms with van der Waals surface area (Å²) in [5.74, 6) is 2.13. The molecule has 1 aromatic heterocycles. The van der Waals surface area contributed by atoms with Gasteiger partial charge in [0.1, 0.15) is 10.8 Å². The zero-order chi connectivity index (χ0) is 22.8. The van der Waals surface area contributed by atoms with Crippen LogP contribution in [-0.2, 0) is 11.2 Å². The summed E-state index contributed by atoms with van der Waals surface area (Å²) in [5, 5.41) is 3.80. The number of thioether (sulfide) groups is 1. The zero-order valence-corrected chi connectivity index (χ0v) is 19.3. The molecule has 0 spiro atoms. The number of amides is 1. The first-order valence-corrected chi connectivity index (χ1v) is 11.8. The van der Waals surface area contributed by atoms with Gasteiger partial charge in [-0.25, -0.2) is 4.98 Å². The van der Waals surface area contributed by atoms with E-state index in [1.807, 2.05) is 86.6 Å². The number of ether oxygens (including phenoxy) is 1. The van der Waals surface area contributed by atoms with E-state index in [2.05, 4.69) is 5.32 Å². The Morgan fingerprint density at radius 2 is 1.76 bits per heavy atom. The van der Waals surface area contributed by atoms with Gasteiger partial charge < -0.3 is 10.1 Å². The van der Waals surface area contributed by atoms with E-state index in [0.29, 0.717) is 18.1 Å². The molecule has 0 aliphatic carbocycles. The van der Waals surface area contributed by atoms with Crippen LogP contribution in [0.25, 0.3) is 11.4 Å². The number of hydrogen-bond donors (Lipinski definition) is 1. The minimum Gasteiger partial charge on any atom is -0.438 e. The minimum atomic E-state index is -0.0700. The molecule has 164 valence electrons. The van der Waals surface area contributed by atoms with Crippen molar-refractivity contribution in [3.63, 3.8) is 0 Å². The standard InChI is InChI=1S/C27H23N3O2S/c1-17-9-8-13-22(18(17)2)28-24(31)16-33-27-21-15-20-12-6-7-14-23(20)32-26(21)29-25(30-27)19-10-4-3-5-11-19/h3-14H,15-16H2,1-2H3,(H,28,31). The maximum Gasteiger partial charge on any atom is 0.234 e. The van der Waals surface area contributed by atoms with E-state index in [9.17, 15) is 4.79 Å². The SMILES string of the molecule is Cc1cccc(NC(=O)CSc2nc(-c3ccccc3)nc3c2Cc2ccccc2O3)c1C. The van der Waals surface area contributed by atoms with Gasteiger partial charge in [0, 0.05) is 17.7 Å². The summed E-state index contributed by atoms with van der Waals surface area (Å²) in [5.41, 5.74) is 5.97. The Labute approximate surface area is 197 Å². The number of aryl methyl sites for hydroxylation is 1. The Morgan fingerprint density at radius 1 is 0.970 bits per heavy atom. The van der Waals surface area contributed by atoms with Crippen LogP contribution in [0.15, 0.2) is 77.8 Å². The van der Waals surface area contributed by atoms with Gasteiger partial charge in [0.25, 0.3) is 0 Å². The smallest absolute Gasteiger partial charge is 0.234 e. The molecule has 2 heterocycles. The Kier molecular flexibility index (Phi) is 5.84. The zero-order valence-electron chi connectivity index (χ0n) is 18.5. The quantitative estimate of drug-likeness (QED) is 0.254. The second-order valence-corrected chi connectivity index (χ2v) is 8.94. The molecule has 0 fully saturated rings. The number of nitrogens with zero attached hydrogens (tertiary/aromatic N) is 2. The predicted octanol–water partition coefficient (Wildman–Crippen LogP) is 6.19. The van der Waals surface area contributed by atoms with Crippen LogP contribution in [0.3, 0.4) is 0 Å². The number of anilines is 1. The maximum atomic E-state index is 12.8. The summed E-state index contributed by atoms with van der Waals surface area (Å²) in [4.78, 5) is 22.3. The number of fused-ring (bicyclic) bond motifs is 2. The number of nitrogens with one attached hydrogen (secondary N) is 1. The van der Waals surface area contributed by atoms with Crippen LogP contribution >= 0.6 is 11.8 Å². The van der Waals surface area contributed by atoms with Crippen molar-refractivity contribution >= 4 is 23.4 Å². The van der Waals surface area contributed by atoms with Gasteiger partial charge in [-0.3, -0.25) is 4.79 Å². The Bertz CT molecular complexity index is 1340. The van der Waals surface area contributed by atoms with Crippen LogP contribution in [0.1, 0.15) is 22.3 Å². The fourth-order valence-electron chi connectivity index (χ4n) is 3.77. The molecular formula is C27H23N3O2S. The van der Waals surface area contributed by atoms with Gasteiger partial charge in [-0.05, 0) is 42.7 Å². The van der Waals surface area contributed by atoms with E-state index in [0.717, 1.165) is 44.3 Å². The topological polar surface area (TPSA) is 64.1 Å². The highest BCUT2D eigenvalue weighted by molar-refractivity contribution is 8.00. The molecule has 5 rings (SSSR count). The molecule has 0 saturated heterocycles. The Hall–Kier alpha value is -3.64. The lowest BCUT2D eigenvalue weighted by atomic mass is 10.0. The average molecular weight is 454 g/mol. The highest BCUT2D eigenvalue weighted by atomic mass is 32.2. The van der Waals surface area contributed by atoms with Gasteiger partial charge in [0.15, 0.2) is 5.82 Å². The van der Waals surface area contributed by atoms with E-state index in [-0.39, 0.29) is 11.7 Å². The number of para-hydroxylation sites is 1. The third kappa shape index (κ3) is 4.47. The first-order chi connectivity index (χ1) is 16.1. The molecule has 3 aromatic carbocycles. The van der Waals surface area contributed by atoms with Gasteiger partial charge in [-0.15, -0.1) is 0 Å². The van der Waals surface area contributed by atoms with Gasteiger partial charge in [0.05, 0.1) is 11.3 Å². The minimum absolute atomic E-state index is 0.0700. The molecule has 33 heavy (non-hydrogen) atoms. The van der Waals surface area contributed by atoms with E-state index < -0.39 is 0 Å². The molecule has 0 radical (unpaired) electrons. The maximum absolute atomic E-state index is 12.8. The fourth-order valence-corrected chi connectivity index (χ4v) is 4.59.